The van der Waals surface area contributed by atoms with Crippen LogP contribution in [-0.4, -0.2) is 28.4 Å². The molecule has 1 aliphatic rings. The Hall–Kier alpha value is -2.48. The summed E-state index contributed by atoms with van der Waals surface area (Å²) in [4.78, 5) is 24.0. The van der Waals surface area contributed by atoms with Gasteiger partial charge in [0.2, 0.25) is 5.91 Å². The fourth-order valence-electron chi connectivity index (χ4n) is 2.57. The lowest BCUT2D eigenvalue weighted by Gasteiger charge is -2.11. The number of thioether (sulfide) groups is 1. The molecule has 2 heterocycles. The second-order valence-electron chi connectivity index (χ2n) is 5.53. The number of fused-ring (bicyclic) bond motifs is 1. The molecule has 8 heteroatoms. The fraction of sp³-hybridized carbons (Fsp3) is 0.353. The standard InChI is InChI=1S/C17H20N4O3S/c1-2-24-17(23)19-16-13-10-25-11-14(13)20-21(16)9-15(22)18-8-12-6-4-3-5-7-12/h3-7H,2,8-11H2,1H3,(H,18,22)(H,19,23). The molecule has 3 rings (SSSR count). The molecule has 7 nitrogen and oxygen atoms in total. The number of hydrogen-bond acceptors (Lipinski definition) is 5. The van der Waals surface area contributed by atoms with Gasteiger partial charge in [0, 0.05) is 23.6 Å². The van der Waals surface area contributed by atoms with E-state index in [0.717, 1.165) is 28.3 Å². The summed E-state index contributed by atoms with van der Waals surface area (Å²) in [6.07, 6.45) is -0.534. The van der Waals surface area contributed by atoms with Crippen LogP contribution in [0.5, 0.6) is 0 Å². The van der Waals surface area contributed by atoms with Gasteiger partial charge in [-0.25, -0.2) is 9.48 Å². The molecule has 2 aromatic rings. The number of ether oxygens (including phenoxy) is 1. The maximum atomic E-state index is 12.3. The topological polar surface area (TPSA) is 85.2 Å². The van der Waals surface area contributed by atoms with E-state index in [4.69, 9.17) is 4.74 Å². The van der Waals surface area contributed by atoms with E-state index in [2.05, 4.69) is 15.7 Å². The molecular weight excluding hydrogens is 340 g/mol. The molecule has 0 bridgehead atoms. The third kappa shape index (κ3) is 4.33. The van der Waals surface area contributed by atoms with Crippen molar-refractivity contribution in [3.8, 4) is 0 Å². The van der Waals surface area contributed by atoms with Crippen molar-refractivity contribution < 1.29 is 14.3 Å². The van der Waals surface area contributed by atoms with Crippen LogP contribution in [0.2, 0.25) is 0 Å². The SMILES string of the molecule is CCOC(=O)Nc1c2c(nn1CC(=O)NCc1ccccc1)CSC2. The molecule has 2 amide bonds. The Balaban J connectivity index is 1.67. The third-order valence-electron chi connectivity index (χ3n) is 3.74. The van der Waals surface area contributed by atoms with E-state index < -0.39 is 6.09 Å². The molecule has 0 fully saturated rings. The molecule has 1 aromatic carbocycles. The summed E-state index contributed by atoms with van der Waals surface area (Å²) in [5.41, 5.74) is 2.90. The number of anilines is 1. The molecule has 0 aliphatic carbocycles. The van der Waals surface area contributed by atoms with Gasteiger partial charge in [-0.05, 0) is 12.5 Å². The van der Waals surface area contributed by atoms with Crippen molar-refractivity contribution in [3.05, 3.63) is 47.2 Å². The predicted molar refractivity (Wildman–Crippen MR) is 96.2 cm³/mol. The lowest BCUT2D eigenvalue weighted by atomic mass is 10.2. The van der Waals surface area contributed by atoms with E-state index in [0.29, 0.717) is 12.4 Å². The van der Waals surface area contributed by atoms with Gasteiger partial charge in [-0.15, -0.1) is 0 Å². The van der Waals surface area contributed by atoms with Crippen LogP contribution in [0.1, 0.15) is 23.7 Å². The van der Waals surface area contributed by atoms with Crippen LogP contribution in [0.3, 0.4) is 0 Å². The summed E-state index contributed by atoms with van der Waals surface area (Å²) in [6.45, 7) is 2.53. The van der Waals surface area contributed by atoms with E-state index in [-0.39, 0.29) is 19.1 Å². The van der Waals surface area contributed by atoms with Gasteiger partial charge in [0.25, 0.3) is 0 Å². The van der Waals surface area contributed by atoms with E-state index in [1.807, 2.05) is 30.3 Å². The second-order valence-corrected chi connectivity index (χ2v) is 6.52. The van der Waals surface area contributed by atoms with Crippen molar-refractivity contribution in [1.82, 2.24) is 15.1 Å². The molecule has 132 valence electrons. The first-order chi connectivity index (χ1) is 12.2. The van der Waals surface area contributed by atoms with Crippen LogP contribution in [0.4, 0.5) is 10.6 Å². The minimum Gasteiger partial charge on any atom is -0.450 e. The lowest BCUT2D eigenvalue weighted by molar-refractivity contribution is -0.122. The van der Waals surface area contributed by atoms with Crippen LogP contribution < -0.4 is 10.6 Å². The summed E-state index contributed by atoms with van der Waals surface area (Å²) in [5, 5.41) is 10.0. The largest absolute Gasteiger partial charge is 0.450 e. The van der Waals surface area contributed by atoms with Crippen molar-refractivity contribution in [2.75, 3.05) is 11.9 Å². The Morgan fingerprint density at radius 3 is 2.84 bits per heavy atom. The van der Waals surface area contributed by atoms with Gasteiger partial charge in [-0.1, -0.05) is 30.3 Å². The van der Waals surface area contributed by atoms with E-state index in [9.17, 15) is 9.59 Å². The second kappa shape index (κ2) is 8.06. The Kier molecular flexibility index (Phi) is 5.60. The number of nitrogens with zero attached hydrogens (tertiary/aromatic N) is 2. The summed E-state index contributed by atoms with van der Waals surface area (Å²) in [6, 6.07) is 9.69. The average Bonchev–Trinajstić information content (AvgIpc) is 3.17. The van der Waals surface area contributed by atoms with Crippen molar-refractivity contribution in [2.24, 2.45) is 0 Å². The van der Waals surface area contributed by atoms with Gasteiger partial charge in [0.15, 0.2) is 0 Å². The van der Waals surface area contributed by atoms with E-state index in [1.165, 1.54) is 0 Å². The lowest BCUT2D eigenvalue weighted by Crippen LogP contribution is -2.29. The van der Waals surface area contributed by atoms with Gasteiger partial charge in [0.1, 0.15) is 12.4 Å². The van der Waals surface area contributed by atoms with Crippen molar-refractivity contribution in [1.29, 1.82) is 0 Å². The first kappa shape index (κ1) is 17.3. The predicted octanol–water partition coefficient (Wildman–Crippen LogP) is 2.51. The van der Waals surface area contributed by atoms with Crippen molar-refractivity contribution >= 4 is 29.6 Å². The van der Waals surface area contributed by atoms with Gasteiger partial charge in [-0.2, -0.15) is 16.9 Å². The Morgan fingerprint density at radius 1 is 1.28 bits per heavy atom. The Morgan fingerprint density at radius 2 is 2.08 bits per heavy atom. The highest BCUT2D eigenvalue weighted by molar-refractivity contribution is 7.98. The Labute approximate surface area is 150 Å². The number of amides is 2. The third-order valence-corrected chi connectivity index (χ3v) is 4.71. The minimum atomic E-state index is -0.534. The molecular formula is C17H20N4O3S. The number of benzene rings is 1. The molecule has 0 spiro atoms. The quantitative estimate of drug-likeness (QED) is 0.827. The van der Waals surface area contributed by atoms with Crippen LogP contribution in [-0.2, 0) is 34.1 Å². The van der Waals surface area contributed by atoms with Gasteiger partial charge < -0.3 is 10.1 Å². The Bertz CT molecular complexity index is 761. The molecule has 0 radical (unpaired) electrons. The number of carbonyl (C=O) groups excluding carboxylic acids is 2. The molecule has 0 saturated heterocycles. The highest BCUT2D eigenvalue weighted by Crippen LogP contribution is 2.34. The van der Waals surface area contributed by atoms with Crippen LogP contribution in [0, 0.1) is 0 Å². The van der Waals surface area contributed by atoms with Gasteiger partial charge in [-0.3, -0.25) is 10.1 Å². The molecule has 0 saturated carbocycles. The highest BCUT2D eigenvalue weighted by Gasteiger charge is 2.25. The van der Waals surface area contributed by atoms with Gasteiger partial charge >= 0.3 is 6.09 Å². The zero-order chi connectivity index (χ0) is 17.6. The monoisotopic (exact) mass is 360 g/mol. The van der Waals surface area contributed by atoms with Crippen molar-refractivity contribution in [2.45, 2.75) is 31.5 Å². The van der Waals surface area contributed by atoms with Crippen LogP contribution in [0.15, 0.2) is 30.3 Å². The molecule has 0 unspecified atom stereocenters. The van der Waals surface area contributed by atoms with Gasteiger partial charge in [0.05, 0.1) is 12.3 Å². The molecule has 1 aliphatic heterocycles. The zero-order valence-electron chi connectivity index (χ0n) is 13.9. The normalized spacial score (nSPS) is 12.5. The maximum Gasteiger partial charge on any atom is 0.412 e. The number of aromatic nitrogens is 2. The number of nitrogens with one attached hydrogen (secondary N) is 2. The van der Waals surface area contributed by atoms with Crippen molar-refractivity contribution in [3.63, 3.8) is 0 Å². The fourth-order valence-corrected chi connectivity index (χ4v) is 3.61. The molecule has 25 heavy (non-hydrogen) atoms. The first-order valence-electron chi connectivity index (χ1n) is 8.08. The number of rotatable bonds is 6. The average molecular weight is 360 g/mol. The summed E-state index contributed by atoms with van der Waals surface area (Å²) in [5.74, 6) is 1.94. The maximum absolute atomic E-state index is 12.3. The molecule has 0 atom stereocenters. The van der Waals surface area contributed by atoms with E-state index in [1.54, 1.807) is 23.4 Å². The van der Waals surface area contributed by atoms with Crippen LogP contribution >= 0.6 is 11.8 Å². The minimum absolute atomic E-state index is 0.0479. The summed E-state index contributed by atoms with van der Waals surface area (Å²) >= 11 is 1.73. The zero-order valence-corrected chi connectivity index (χ0v) is 14.8. The smallest absolute Gasteiger partial charge is 0.412 e. The summed E-state index contributed by atoms with van der Waals surface area (Å²) < 4.78 is 6.49. The highest BCUT2D eigenvalue weighted by atomic mass is 32.2. The molecule has 1 aromatic heterocycles. The molecule has 2 N–H and O–H groups in total. The first-order valence-corrected chi connectivity index (χ1v) is 9.23. The van der Waals surface area contributed by atoms with Crippen LogP contribution in [0.25, 0.3) is 0 Å². The summed E-state index contributed by atoms with van der Waals surface area (Å²) in [7, 11) is 0. The number of carbonyl (C=O) groups is 2. The number of hydrogen-bond donors (Lipinski definition) is 2. The van der Waals surface area contributed by atoms with E-state index >= 15 is 0 Å².